The summed E-state index contributed by atoms with van der Waals surface area (Å²) in [5, 5.41) is 0. The quantitative estimate of drug-likeness (QED) is 0.657. The molecule has 0 saturated heterocycles. The molecule has 0 saturated carbocycles. The average molecular weight is 182 g/mol. The van der Waals surface area contributed by atoms with E-state index < -0.39 is 25.3 Å². The molecular weight excluding hydrogens is 173 g/mol. The second-order valence-electron chi connectivity index (χ2n) is 1.57. The molecule has 0 aromatic rings. The van der Waals surface area contributed by atoms with Crippen LogP contribution >= 0.6 is 12.4 Å². The fourth-order valence-corrected chi connectivity index (χ4v) is 0.316. The molecule has 10 heavy (non-hydrogen) atoms. The molecule has 0 aromatic carbocycles. The van der Waals surface area contributed by atoms with Crippen LogP contribution in [0.5, 0.6) is 0 Å². The smallest absolute Gasteiger partial charge is 0.248 e. The van der Waals surface area contributed by atoms with Gasteiger partial charge in [0.25, 0.3) is 0 Å². The molecule has 0 unspecified atom stereocenters. The summed E-state index contributed by atoms with van der Waals surface area (Å²) in [4.78, 5) is 0. The van der Waals surface area contributed by atoms with Crippen molar-refractivity contribution in [1.82, 2.24) is 0 Å². The lowest BCUT2D eigenvalue weighted by Crippen LogP contribution is -2.28. The minimum atomic E-state index is -3.02. The molecular formula is C4H8ClF4N. The van der Waals surface area contributed by atoms with E-state index >= 15 is 0 Å². The zero-order chi connectivity index (χ0) is 7.44. The zero-order valence-electron chi connectivity index (χ0n) is 4.94. The Bertz CT molecular complexity index is 71.7. The summed E-state index contributed by atoms with van der Waals surface area (Å²) in [6.45, 7) is -0.671. The van der Waals surface area contributed by atoms with Crippen molar-refractivity contribution >= 4 is 12.4 Å². The van der Waals surface area contributed by atoms with Gasteiger partial charge in [-0.05, 0) is 0 Å². The Balaban J connectivity index is 0. The van der Waals surface area contributed by atoms with Crippen molar-refractivity contribution < 1.29 is 17.6 Å². The molecule has 0 aliphatic rings. The van der Waals surface area contributed by atoms with Crippen molar-refractivity contribution in [2.24, 2.45) is 11.7 Å². The first kappa shape index (κ1) is 12.6. The molecule has 0 rings (SSSR count). The van der Waals surface area contributed by atoms with Gasteiger partial charge in [0.05, 0.1) is 5.92 Å². The summed E-state index contributed by atoms with van der Waals surface area (Å²) in [6, 6.07) is 0. The summed E-state index contributed by atoms with van der Waals surface area (Å²) >= 11 is 0. The van der Waals surface area contributed by atoms with Crippen LogP contribution in [0, 0.1) is 5.92 Å². The van der Waals surface area contributed by atoms with Crippen molar-refractivity contribution in [3.05, 3.63) is 0 Å². The Morgan fingerprint density at radius 3 is 1.30 bits per heavy atom. The molecule has 0 heterocycles. The van der Waals surface area contributed by atoms with Gasteiger partial charge in [-0.15, -0.1) is 12.4 Å². The van der Waals surface area contributed by atoms with E-state index in [0.717, 1.165) is 0 Å². The van der Waals surface area contributed by atoms with Crippen LogP contribution < -0.4 is 5.73 Å². The average Bonchev–Trinajstić information content (AvgIpc) is 1.64. The molecule has 2 N–H and O–H groups in total. The fraction of sp³-hybridized carbons (Fsp3) is 1.00. The maximum absolute atomic E-state index is 11.4. The van der Waals surface area contributed by atoms with E-state index in [1.807, 2.05) is 0 Å². The maximum Gasteiger partial charge on any atom is 0.248 e. The SMILES string of the molecule is Cl.NCC(C(F)F)C(F)F. The number of alkyl halides is 4. The highest BCUT2D eigenvalue weighted by Gasteiger charge is 2.27. The van der Waals surface area contributed by atoms with Crippen LogP contribution in [0.25, 0.3) is 0 Å². The summed E-state index contributed by atoms with van der Waals surface area (Å²) in [5.74, 6) is -1.97. The summed E-state index contributed by atoms with van der Waals surface area (Å²) in [7, 11) is 0. The van der Waals surface area contributed by atoms with Gasteiger partial charge in [-0.1, -0.05) is 0 Å². The Kier molecular flexibility index (Phi) is 7.24. The molecule has 0 aliphatic carbocycles. The lowest BCUT2D eigenvalue weighted by molar-refractivity contribution is -0.0214. The zero-order valence-corrected chi connectivity index (χ0v) is 5.75. The van der Waals surface area contributed by atoms with Crippen LogP contribution in [-0.2, 0) is 0 Å². The van der Waals surface area contributed by atoms with Gasteiger partial charge in [-0.3, -0.25) is 0 Å². The number of hydrogen-bond donors (Lipinski definition) is 1. The molecule has 0 fully saturated rings. The van der Waals surface area contributed by atoms with E-state index in [2.05, 4.69) is 5.73 Å². The Morgan fingerprint density at radius 2 is 1.30 bits per heavy atom. The highest BCUT2D eigenvalue weighted by atomic mass is 35.5. The minimum absolute atomic E-state index is 0. The predicted molar refractivity (Wildman–Crippen MR) is 31.8 cm³/mol. The maximum atomic E-state index is 11.4. The first-order valence-corrected chi connectivity index (χ1v) is 2.36. The van der Waals surface area contributed by atoms with Gasteiger partial charge >= 0.3 is 0 Å². The first-order chi connectivity index (χ1) is 4.09. The van der Waals surface area contributed by atoms with Crippen molar-refractivity contribution in [2.45, 2.75) is 12.9 Å². The Hall–Kier alpha value is -0.0300. The summed E-state index contributed by atoms with van der Waals surface area (Å²) in [5.41, 5.74) is 4.61. The summed E-state index contributed by atoms with van der Waals surface area (Å²) in [6.07, 6.45) is -6.04. The van der Waals surface area contributed by atoms with Crippen molar-refractivity contribution in [3.8, 4) is 0 Å². The van der Waals surface area contributed by atoms with E-state index in [1.54, 1.807) is 0 Å². The van der Waals surface area contributed by atoms with E-state index in [1.165, 1.54) is 0 Å². The molecule has 0 radical (unpaired) electrons. The highest BCUT2D eigenvalue weighted by Crippen LogP contribution is 2.16. The van der Waals surface area contributed by atoms with Gasteiger partial charge in [0.2, 0.25) is 12.9 Å². The van der Waals surface area contributed by atoms with E-state index in [4.69, 9.17) is 0 Å². The molecule has 0 bridgehead atoms. The lowest BCUT2D eigenvalue weighted by atomic mass is 10.2. The molecule has 1 nitrogen and oxygen atoms in total. The van der Waals surface area contributed by atoms with E-state index in [-0.39, 0.29) is 12.4 Å². The Morgan fingerprint density at radius 1 is 1.00 bits per heavy atom. The topological polar surface area (TPSA) is 26.0 Å². The van der Waals surface area contributed by atoms with Gasteiger partial charge in [-0.2, -0.15) is 0 Å². The lowest BCUT2D eigenvalue weighted by Gasteiger charge is -2.10. The number of nitrogens with two attached hydrogens (primary N) is 1. The van der Waals surface area contributed by atoms with E-state index in [0.29, 0.717) is 0 Å². The van der Waals surface area contributed by atoms with Gasteiger partial charge in [0.15, 0.2) is 0 Å². The molecule has 64 valence electrons. The van der Waals surface area contributed by atoms with Gasteiger partial charge in [-0.25, -0.2) is 17.6 Å². The fourth-order valence-electron chi connectivity index (χ4n) is 0.316. The van der Waals surface area contributed by atoms with Crippen molar-refractivity contribution in [3.63, 3.8) is 0 Å². The van der Waals surface area contributed by atoms with Crippen LogP contribution in [-0.4, -0.2) is 19.4 Å². The number of rotatable bonds is 3. The van der Waals surface area contributed by atoms with Crippen LogP contribution in [0.3, 0.4) is 0 Å². The second kappa shape index (κ2) is 5.73. The number of halogens is 5. The molecule has 0 aromatic heterocycles. The number of hydrogen-bond acceptors (Lipinski definition) is 1. The second-order valence-corrected chi connectivity index (χ2v) is 1.57. The van der Waals surface area contributed by atoms with Crippen LogP contribution in [0.15, 0.2) is 0 Å². The van der Waals surface area contributed by atoms with Crippen molar-refractivity contribution in [1.29, 1.82) is 0 Å². The van der Waals surface area contributed by atoms with Crippen molar-refractivity contribution in [2.75, 3.05) is 6.54 Å². The first-order valence-electron chi connectivity index (χ1n) is 2.36. The molecule has 6 heteroatoms. The monoisotopic (exact) mass is 181 g/mol. The normalized spacial score (nSPS) is 10.8. The highest BCUT2D eigenvalue weighted by molar-refractivity contribution is 5.85. The minimum Gasteiger partial charge on any atom is -0.330 e. The van der Waals surface area contributed by atoms with Crippen LogP contribution in [0.1, 0.15) is 0 Å². The van der Waals surface area contributed by atoms with Crippen LogP contribution in [0.4, 0.5) is 17.6 Å². The third kappa shape index (κ3) is 3.90. The van der Waals surface area contributed by atoms with Gasteiger partial charge < -0.3 is 5.73 Å². The molecule has 0 amide bonds. The Labute approximate surface area is 62.0 Å². The molecule has 0 aliphatic heterocycles. The van der Waals surface area contributed by atoms with Gasteiger partial charge in [0.1, 0.15) is 0 Å². The third-order valence-corrected chi connectivity index (χ3v) is 0.919. The predicted octanol–water partition coefficient (Wildman–Crippen LogP) is 1.51. The largest absolute Gasteiger partial charge is 0.330 e. The molecule has 0 atom stereocenters. The van der Waals surface area contributed by atoms with Crippen LogP contribution in [0.2, 0.25) is 0 Å². The standard InChI is InChI=1S/C4H7F4N.ClH/c5-3(6)2(1-9)4(7)8;/h2-4H,1,9H2;1H. The van der Waals surface area contributed by atoms with E-state index in [9.17, 15) is 17.6 Å². The third-order valence-electron chi connectivity index (χ3n) is 0.919. The van der Waals surface area contributed by atoms with Gasteiger partial charge in [0, 0.05) is 6.54 Å². The molecule has 0 spiro atoms. The summed E-state index contributed by atoms with van der Waals surface area (Å²) < 4.78 is 45.6.